The number of benzene rings is 2. The fourth-order valence-corrected chi connectivity index (χ4v) is 3.49. The van der Waals surface area contributed by atoms with Crippen molar-refractivity contribution in [3.8, 4) is 11.8 Å². The lowest BCUT2D eigenvalue weighted by Crippen LogP contribution is -2.22. The highest BCUT2D eigenvalue weighted by molar-refractivity contribution is 5.79. The predicted molar refractivity (Wildman–Crippen MR) is 107 cm³/mol. The number of likely N-dealkylation sites (tertiary alicyclic amines) is 1. The summed E-state index contributed by atoms with van der Waals surface area (Å²) in [5, 5.41) is 21.8. The summed E-state index contributed by atoms with van der Waals surface area (Å²) in [4.78, 5) is 14.4. The van der Waals surface area contributed by atoms with Gasteiger partial charge in [-0.2, -0.15) is 5.26 Å². The highest BCUT2D eigenvalue weighted by Crippen LogP contribution is 2.27. The number of hydrogen-bond donors (Lipinski definition) is 2. The second-order valence-electron chi connectivity index (χ2n) is 6.93. The highest BCUT2D eigenvalue weighted by Gasteiger charge is 2.22. The van der Waals surface area contributed by atoms with Crippen molar-refractivity contribution < 1.29 is 14.6 Å². The van der Waals surface area contributed by atoms with Crippen LogP contribution < -0.4 is 10.1 Å². The van der Waals surface area contributed by atoms with E-state index < -0.39 is 12.0 Å². The molecule has 1 aliphatic rings. The van der Waals surface area contributed by atoms with Crippen molar-refractivity contribution in [3.05, 3.63) is 59.2 Å². The maximum atomic E-state index is 12.0. The molecule has 0 spiro atoms. The number of nitrogens with one attached hydrogen (secondary N) is 1. The Morgan fingerprint density at radius 3 is 2.57 bits per heavy atom. The molecule has 1 aliphatic heterocycles. The minimum Gasteiger partial charge on any atom is -0.494 e. The molecule has 6 heteroatoms. The third-order valence-electron chi connectivity index (χ3n) is 4.81. The third kappa shape index (κ3) is 5.02. The van der Waals surface area contributed by atoms with E-state index in [1.807, 2.05) is 19.1 Å². The summed E-state index contributed by atoms with van der Waals surface area (Å²) in [5.74, 6) is -0.285. The normalized spacial score (nSPS) is 15.0. The Morgan fingerprint density at radius 2 is 1.96 bits per heavy atom. The van der Waals surface area contributed by atoms with Gasteiger partial charge in [0.25, 0.3) is 0 Å². The first-order chi connectivity index (χ1) is 13.6. The van der Waals surface area contributed by atoms with Crippen molar-refractivity contribution in [2.75, 3.05) is 25.0 Å². The Hall–Kier alpha value is -3.04. The molecule has 2 N–H and O–H groups in total. The number of ether oxygens (including phenoxy) is 1. The molecule has 28 heavy (non-hydrogen) atoms. The Morgan fingerprint density at radius 1 is 1.25 bits per heavy atom. The van der Waals surface area contributed by atoms with E-state index in [2.05, 4.69) is 16.3 Å². The maximum Gasteiger partial charge on any atom is 0.330 e. The monoisotopic (exact) mass is 379 g/mol. The third-order valence-corrected chi connectivity index (χ3v) is 4.81. The smallest absolute Gasteiger partial charge is 0.330 e. The topological polar surface area (TPSA) is 85.6 Å². The van der Waals surface area contributed by atoms with Crippen LogP contribution in [0.2, 0.25) is 0 Å². The number of aliphatic carboxylic acids is 1. The summed E-state index contributed by atoms with van der Waals surface area (Å²) in [6.45, 7) is 5.36. The number of hydrogen-bond acceptors (Lipinski definition) is 5. The van der Waals surface area contributed by atoms with Crippen LogP contribution in [0.4, 0.5) is 5.69 Å². The molecule has 1 fully saturated rings. The summed E-state index contributed by atoms with van der Waals surface area (Å²) in [6.07, 6.45) is 2.41. The quantitative estimate of drug-likeness (QED) is 0.726. The van der Waals surface area contributed by atoms with E-state index >= 15 is 0 Å². The van der Waals surface area contributed by atoms with Gasteiger partial charge in [0, 0.05) is 12.2 Å². The molecule has 2 aromatic rings. The predicted octanol–water partition coefficient (Wildman–Crippen LogP) is 3.79. The van der Waals surface area contributed by atoms with Gasteiger partial charge < -0.3 is 15.2 Å². The van der Waals surface area contributed by atoms with E-state index in [0.29, 0.717) is 29.2 Å². The van der Waals surface area contributed by atoms with Crippen LogP contribution in [-0.2, 0) is 11.3 Å². The van der Waals surface area contributed by atoms with Gasteiger partial charge >= 0.3 is 5.97 Å². The Bertz CT molecular complexity index is 852. The van der Waals surface area contributed by atoms with Gasteiger partial charge in [-0.25, -0.2) is 4.79 Å². The number of anilines is 1. The molecule has 0 aromatic heterocycles. The minimum atomic E-state index is -0.967. The molecule has 1 heterocycles. The molecule has 0 amide bonds. The minimum absolute atomic E-state index is 0.521. The van der Waals surface area contributed by atoms with Crippen LogP contribution in [0.15, 0.2) is 42.5 Å². The first kappa shape index (κ1) is 19.7. The van der Waals surface area contributed by atoms with E-state index in [1.165, 1.54) is 12.8 Å². The Labute approximate surface area is 165 Å². The van der Waals surface area contributed by atoms with Gasteiger partial charge in [-0.15, -0.1) is 0 Å². The van der Waals surface area contributed by atoms with Crippen LogP contribution in [0, 0.1) is 11.3 Å². The molecule has 1 unspecified atom stereocenters. The zero-order valence-electron chi connectivity index (χ0n) is 16.0. The van der Waals surface area contributed by atoms with Crippen molar-refractivity contribution in [3.63, 3.8) is 0 Å². The summed E-state index contributed by atoms with van der Waals surface area (Å²) < 4.78 is 5.69. The molecule has 6 nitrogen and oxygen atoms in total. The van der Waals surface area contributed by atoms with Gasteiger partial charge in [-0.05, 0) is 80.4 Å². The van der Waals surface area contributed by atoms with Crippen LogP contribution in [0.3, 0.4) is 0 Å². The molecule has 0 saturated carbocycles. The molecule has 3 rings (SSSR count). The van der Waals surface area contributed by atoms with E-state index in [0.717, 1.165) is 25.2 Å². The van der Waals surface area contributed by atoms with Gasteiger partial charge in [0.2, 0.25) is 0 Å². The molecule has 1 atom stereocenters. The standard InChI is InChI=1S/C22H25N3O3/c1-2-28-20-12-17(15-25-9-3-4-10-25)11-18(13-20)21(22(26)27)24-19-7-5-16(14-23)6-8-19/h5-8,11-13,21,24H,2-4,9-10,15H2,1H3,(H,26,27). The molecule has 146 valence electrons. The fourth-order valence-electron chi connectivity index (χ4n) is 3.49. The van der Waals surface area contributed by atoms with Crippen LogP contribution >= 0.6 is 0 Å². The van der Waals surface area contributed by atoms with Gasteiger partial charge in [-0.3, -0.25) is 4.90 Å². The van der Waals surface area contributed by atoms with Crippen molar-refractivity contribution in [1.29, 1.82) is 5.26 Å². The summed E-state index contributed by atoms with van der Waals surface area (Å²) >= 11 is 0. The van der Waals surface area contributed by atoms with Crippen molar-refractivity contribution in [2.45, 2.75) is 32.4 Å². The second kappa shape index (κ2) is 9.25. The lowest BCUT2D eigenvalue weighted by molar-refractivity contribution is -0.138. The van der Waals surface area contributed by atoms with Crippen LogP contribution in [0.5, 0.6) is 5.75 Å². The van der Waals surface area contributed by atoms with E-state index in [-0.39, 0.29) is 0 Å². The molecule has 0 aliphatic carbocycles. The van der Waals surface area contributed by atoms with E-state index in [9.17, 15) is 9.90 Å². The van der Waals surface area contributed by atoms with E-state index in [1.54, 1.807) is 30.3 Å². The number of carboxylic acid groups (broad SMARTS) is 1. The van der Waals surface area contributed by atoms with Gasteiger partial charge in [-0.1, -0.05) is 6.07 Å². The molecular weight excluding hydrogens is 354 g/mol. The molecule has 2 aromatic carbocycles. The molecule has 0 bridgehead atoms. The average molecular weight is 379 g/mol. The molecular formula is C22H25N3O3. The number of rotatable bonds is 8. The van der Waals surface area contributed by atoms with Crippen molar-refractivity contribution >= 4 is 11.7 Å². The molecule has 1 saturated heterocycles. The average Bonchev–Trinajstić information content (AvgIpc) is 3.19. The van der Waals surface area contributed by atoms with Crippen LogP contribution in [-0.4, -0.2) is 35.7 Å². The lowest BCUT2D eigenvalue weighted by atomic mass is 10.0. The molecule has 0 radical (unpaired) electrons. The first-order valence-corrected chi connectivity index (χ1v) is 9.57. The summed E-state index contributed by atoms with van der Waals surface area (Å²) in [5.41, 5.74) is 2.88. The Balaban J connectivity index is 1.87. The highest BCUT2D eigenvalue weighted by atomic mass is 16.5. The largest absolute Gasteiger partial charge is 0.494 e. The Kier molecular flexibility index (Phi) is 6.51. The number of nitriles is 1. The number of carbonyl (C=O) groups is 1. The van der Waals surface area contributed by atoms with Gasteiger partial charge in [0.15, 0.2) is 6.04 Å². The van der Waals surface area contributed by atoms with Crippen LogP contribution in [0.1, 0.15) is 42.5 Å². The van der Waals surface area contributed by atoms with Crippen molar-refractivity contribution in [1.82, 2.24) is 4.90 Å². The maximum absolute atomic E-state index is 12.0. The van der Waals surface area contributed by atoms with Crippen molar-refractivity contribution in [2.24, 2.45) is 0 Å². The van der Waals surface area contributed by atoms with Crippen LogP contribution in [0.25, 0.3) is 0 Å². The number of carboxylic acids is 1. The SMILES string of the molecule is CCOc1cc(CN2CCCC2)cc(C(Nc2ccc(C#N)cc2)C(=O)O)c1. The summed E-state index contributed by atoms with van der Waals surface area (Å²) in [7, 11) is 0. The zero-order valence-corrected chi connectivity index (χ0v) is 16.0. The number of nitrogens with zero attached hydrogens (tertiary/aromatic N) is 2. The second-order valence-corrected chi connectivity index (χ2v) is 6.93. The zero-order chi connectivity index (χ0) is 19.9. The van der Waals surface area contributed by atoms with Gasteiger partial charge in [0.1, 0.15) is 5.75 Å². The summed E-state index contributed by atoms with van der Waals surface area (Å²) in [6, 6.07) is 13.6. The van der Waals surface area contributed by atoms with E-state index in [4.69, 9.17) is 10.00 Å². The fraction of sp³-hybridized carbons (Fsp3) is 0.364. The lowest BCUT2D eigenvalue weighted by Gasteiger charge is -2.20. The van der Waals surface area contributed by atoms with Gasteiger partial charge in [0.05, 0.1) is 18.2 Å². The first-order valence-electron chi connectivity index (χ1n) is 9.57.